The van der Waals surface area contributed by atoms with E-state index in [1.165, 1.54) is 0 Å². The molecule has 1 aromatic heterocycles. The van der Waals surface area contributed by atoms with E-state index >= 15 is 0 Å². The summed E-state index contributed by atoms with van der Waals surface area (Å²) in [6.07, 6.45) is 0. The average molecular weight is 343 g/mol. The Kier molecular flexibility index (Phi) is 4.11. The van der Waals surface area contributed by atoms with Crippen molar-refractivity contribution < 1.29 is 9.84 Å². The van der Waals surface area contributed by atoms with E-state index in [1.54, 1.807) is 25.3 Å². The summed E-state index contributed by atoms with van der Waals surface area (Å²) in [5, 5.41) is 23.6. The highest BCUT2D eigenvalue weighted by Gasteiger charge is 2.11. The molecule has 4 rings (SSSR count). The van der Waals surface area contributed by atoms with Crippen molar-refractivity contribution >= 4 is 22.3 Å². The van der Waals surface area contributed by atoms with Crippen molar-refractivity contribution in [3.8, 4) is 22.8 Å². The van der Waals surface area contributed by atoms with Crippen LogP contribution in [0.15, 0.2) is 72.8 Å². The van der Waals surface area contributed by atoms with E-state index in [0.717, 1.165) is 33.5 Å². The van der Waals surface area contributed by atoms with Crippen LogP contribution in [0.3, 0.4) is 0 Å². The molecule has 3 aromatic carbocycles. The van der Waals surface area contributed by atoms with Crippen LogP contribution in [0.1, 0.15) is 0 Å². The normalized spacial score (nSPS) is 10.7. The van der Waals surface area contributed by atoms with E-state index in [1.807, 2.05) is 54.6 Å². The summed E-state index contributed by atoms with van der Waals surface area (Å²) < 4.78 is 5.22. The van der Waals surface area contributed by atoms with Gasteiger partial charge in [-0.05, 0) is 36.4 Å². The lowest BCUT2D eigenvalue weighted by Crippen LogP contribution is -1.99. The van der Waals surface area contributed by atoms with Gasteiger partial charge in [-0.1, -0.05) is 30.3 Å². The minimum Gasteiger partial charge on any atom is -0.508 e. The van der Waals surface area contributed by atoms with Crippen molar-refractivity contribution in [2.75, 3.05) is 12.4 Å². The van der Waals surface area contributed by atoms with Gasteiger partial charge in [-0.2, -0.15) is 0 Å². The Hall–Kier alpha value is -3.60. The molecule has 0 aliphatic rings. The Balaban J connectivity index is 1.80. The minimum atomic E-state index is 0.196. The van der Waals surface area contributed by atoms with Crippen molar-refractivity contribution in [3.63, 3.8) is 0 Å². The number of hydrogen-bond donors (Lipinski definition) is 2. The van der Waals surface area contributed by atoms with Crippen LogP contribution in [0.5, 0.6) is 11.5 Å². The average Bonchev–Trinajstić information content (AvgIpc) is 2.68. The van der Waals surface area contributed by atoms with E-state index in [4.69, 9.17) is 4.74 Å². The van der Waals surface area contributed by atoms with Crippen LogP contribution in [-0.2, 0) is 0 Å². The zero-order valence-electron chi connectivity index (χ0n) is 14.2. The van der Waals surface area contributed by atoms with Crippen LogP contribution in [0.25, 0.3) is 22.0 Å². The lowest BCUT2D eigenvalue weighted by atomic mass is 10.0. The highest BCUT2D eigenvalue weighted by atomic mass is 16.5. The number of ether oxygens (including phenoxy) is 1. The molecule has 5 heteroatoms. The molecule has 1 heterocycles. The lowest BCUT2D eigenvalue weighted by molar-refractivity contribution is 0.415. The fraction of sp³-hybridized carbons (Fsp3) is 0.0476. The molecular formula is C21H17N3O2. The molecule has 0 aliphatic heterocycles. The van der Waals surface area contributed by atoms with Gasteiger partial charge in [0.2, 0.25) is 0 Å². The number of rotatable bonds is 4. The molecule has 0 fully saturated rings. The predicted molar refractivity (Wildman–Crippen MR) is 103 cm³/mol. The maximum atomic E-state index is 9.65. The number of fused-ring (bicyclic) bond motifs is 1. The van der Waals surface area contributed by atoms with E-state index in [-0.39, 0.29) is 5.75 Å². The second-order valence-electron chi connectivity index (χ2n) is 5.85. The molecule has 0 aliphatic carbocycles. The number of benzene rings is 3. The molecule has 128 valence electrons. The van der Waals surface area contributed by atoms with Crippen molar-refractivity contribution in [3.05, 3.63) is 72.8 Å². The van der Waals surface area contributed by atoms with Gasteiger partial charge >= 0.3 is 0 Å². The number of methoxy groups -OCH3 is 1. The van der Waals surface area contributed by atoms with Crippen LogP contribution in [0.4, 0.5) is 11.5 Å². The molecule has 0 bridgehead atoms. The van der Waals surface area contributed by atoms with E-state index in [0.29, 0.717) is 5.82 Å². The topological polar surface area (TPSA) is 67.3 Å². The highest BCUT2D eigenvalue weighted by Crippen LogP contribution is 2.32. The SMILES string of the molecule is COc1ccc(-c2nnc(Nc3cccc(O)c3)c3ccccc23)cc1. The molecule has 0 unspecified atom stereocenters. The summed E-state index contributed by atoms with van der Waals surface area (Å²) in [5.41, 5.74) is 2.53. The molecule has 0 radical (unpaired) electrons. The van der Waals surface area contributed by atoms with E-state index < -0.39 is 0 Å². The van der Waals surface area contributed by atoms with E-state index in [2.05, 4.69) is 15.5 Å². The van der Waals surface area contributed by atoms with Gasteiger partial charge in [-0.15, -0.1) is 10.2 Å². The van der Waals surface area contributed by atoms with Gasteiger partial charge in [0.1, 0.15) is 17.2 Å². The monoisotopic (exact) mass is 343 g/mol. The standard InChI is InChI=1S/C21H17N3O2/c1-26-17-11-9-14(10-12-17)20-18-7-2-3-8-19(18)21(24-23-20)22-15-5-4-6-16(25)13-15/h2-13,25H,1H3,(H,22,24). The summed E-state index contributed by atoms with van der Waals surface area (Å²) in [6, 6.07) is 22.6. The van der Waals surface area contributed by atoms with Crippen molar-refractivity contribution in [2.24, 2.45) is 0 Å². The fourth-order valence-electron chi connectivity index (χ4n) is 2.88. The van der Waals surface area contributed by atoms with Crippen LogP contribution < -0.4 is 10.1 Å². The first kappa shape index (κ1) is 15.9. The zero-order chi connectivity index (χ0) is 17.9. The Morgan fingerprint density at radius 1 is 0.846 bits per heavy atom. The summed E-state index contributed by atoms with van der Waals surface area (Å²) in [4.78, 5) is 0. The molecular weight excluding hydrogens is 326 g/mol. The number of phenolic OH excluding ortho intramolecular Hbond substituents is 1. The summed E-state index contributed by atoms with van der Waals surface area (Å²) in [5.74, 6) is 1.64. The first-order valence-electron chi connectivity index (χ1n) is 8.20. The van der Waals surface area contributed by atoms with Crippen LogP contribution in [0.2, 0.25) is 0 Å². The smallest absolute Gasteiger partial charge is 0.161 e. The number of aromatic nitrogens is 2. The van der Waals surface area contributed by atoms with Gasteiger partial charge in [0, 0.05) is 28.1 Å². The van der Waals surface area contributed by atoms with Gasteiger partial charge in [0.15, 0.2) is 5.82 Å². The lowest BCUT2D eigenvalue weighted by Gasteiger charge is -2.11. The van der Waals surface area contributed by atoms with Crippen molar-refractivity contribution in [1.82, 2.24) is 10.2 Å². The number of nitrogens with zero attached hydrogens (tertiary/aromatic N) is 2. The van der Waals surface area contributed by atoms with Crippen LogP contribution in [-0.4, -0.2) is 22.4 Å². The summed E-state index contributed by atoms with van der Waals surface area (Å²) >= 11 is 0. The van der Waals surface area contributed by atoms with Gasteiger partial charge in [0.05, 0.1) is 7.11 Å². The predicted octanol–water partition coefficient (Wildman–Crippen LogP) is 4.75. The number of aromatic hydroxyl groups is 1. The highest BCUT2D eigenvalue weighted by molar-refractivity contribution is 6.00. The molecule has 5 nitrogen and oxygen atoms in total. The van der Waals surface area contributed by atoms with Gasteiger partial charge in [-0.3, -0.25) is 0 Å². The minimum absolute atomic E-state index is 0.196. The maximum absolute atomic E-state index is 9.65. The first-order valence-corrected chi connectivity index (χ1v) is 8.20. The Morgan fingerprint density at radius 3 is 2.35 bits per heavy atom. The third-order valence-electron chi connectivity index (χ3n) is 4.16. The summed E-state index contributed by atoms with van der Waals surface area (Å²) in [7, 11) is 1.64. The van der Waals surface area contributed by atoms with Crippen molar-refractivity contribution in [1.29, 1.82) is 0 Å². The molecule has 26 heavy (non-hydrogen) atoms. The molecule has 0 atom stereocenters. The molecule has 0 spiro atoms. The molecule has 0 amide bonds. The Labute approximate surface area is 150 Å². The van der Waals surface area contributed by atoms with Gasteiger partial charge in [0.25, 0.3) is 0 Å². The third-order valence-corrected chi connectivity index (χ3v) is 4.16. The number of phenols is 1. The number of anilines is 2. The van der Waals surface area contributed by atoms with Gasteiger partial charge < -0.3 is 15.2 Å². The van der Waals surface area contributed by atoms with Crippen LogP contribution >= 0.6 is 0 Å². The Bertz CT molecular complexity index is 1060. The molecule has 4 aromatic rings. The second kappa shape index (κ2) is 6.72. The zero-order valence-corrected chi connectivity index (χ0v) is 14.2. The first-order chi connectivity index (χ1) is 12.7. The maximum Gasteiger partial charge on any atom is 0.161 e. The third kappa shape index (κ3) is 3.02. The largest absolute Gasteiger partial charge is 0.508 e. The summed E-state index contributed by atoms with van der Waals surface area (Å²) in [6.45, 7) is 0. The van der Waals surface area contributed by atoms with Crippen molar-refractivity contribution in [2.45, 2.75) is 0 Å². The quantitative estimate of drug-likeness (QED) is 0.559. The molecule has 2 N–H and O–H groups in total. The molecule has 0 saturated carbocycles. The number of nitrogens with one attached hydrogen (secondary N) is 1. The van der Waals surface area contributed by atoms with Gasteiger partial charge in [-0.25, -0.2) is 0 Å². The molecule has 0 saturated heterocycles. The second-order valence-corrected chi connectivity index (χ2v) is 5.85. The van der Waals surface area contributed by atoms with Crippen LogP contribution in [0, 0.1) is 0 Å². The number of hydrogen-bond acceptors (Lipinski definition) is 5. The fourth-order valence-corrected chi connectivity index (χ4v) is 2.88. The Morgan fingerprint density at radius 2 is 1.62 bits per heavy atom. The van der Waals surface area contributed by atoms with E-state index in [9.17, 15) is 5.11 Å².